The van der Waals surface area contributed by atoms with Gasteiger partial charge in [-0.05, 0) is 55.9 Å². The Bertz CT molecular complexity index is 981. The van der Waals surface area contributed by atoms with E-state index in [0.29, 0.717) is 0 Å². The fourth-order valence-electron chi connectivity index (χ4n) is 3.80. The van der Waals surface area contributed by atoms with Crippen molar-refractivity contribution in [1.82, 2.24) is 14.8 Å². The number of hydrogen-bond acceptors (Lipinski definition) is 4. The second kappa shape index (κ2) is 8.31. The molecule has 0 N–H and O–H groups in total. The van der Waals surface area contributed by atoms with Crippen molar-refractivity contribution in [3.05, 3.63) is 76.6 Å². The van der Waals surface area contributed by atoms with Crippen molar-refractivity contribution in [2.45, 2.75) is 56.5 Å². The average molecular weight is 392 g/mol. The lowest BCUT2D eigenvalue weighted by Gasteiger charge is -2.12. The summed E-state index contributed by atoms with van der Waals surface area (Å²) in [6.45, 7) is 4.85. The minimum absolute atomic E-state index is 0.162. The highest BCUT2D eigenvalue weighted by molar-refractivity contribution is 8.00. The lowest BCUT2D eigenvalue weighted by molar-refractivity contribution is 0.0993. The molecule has 0 amide bonds. The van der Waals surface area contributed by atoms with Gasteiger partial charge >= 0.3 is 0 Å². The van der Waals surface area contributed by atoms with Gasteiger partial charge in [-0.3, -0.25) is 4.79 Å². The largest absolute Gasteiger partial charge is 0.306 e. The molecule has 5 heteroatoms. The molecule has 28 heavy (non-hydrogen) atoms. The lowest BCUT2D eigenvalue weighted by atomic mass is 10.0. The number of aromatic nitrogens is 3. The van der Waals surface area contributed by atoms with Gasteiger partial charge in [0.15, 0.2) is 10.9 Å². The van der Waals surface area contributed by atoms with Gasteiger partial charge in [0.1, 0.15) is 5.82 Å². The molecular weight excluding hydrogens is 366 g/mol. The topological polar surface area (TPSA) is 47.8 Å². The van der Waals surface area contributed by atoms with Crippen molar-refractivity contribution in [1.29, 1.82) is 0 Å². The van der Waals surface area contributed by atoms with E-state index in [0.717, 1.165) is 42.4 Å². The van der Waals surface area contributed by atoms with E-state index in [-0.39, 0.29) is 11.0 Å². The Kier molecular flexibility index (Phi) is 5.62. The maximum absolute atomic E-state index is 13.0. The standard InChI is InChI=1S/C23H25N3OS/c1-3-26-21(14-17-8-5-4-6-9-17)24-25-23(26)28-16(2)22(27)20-13-12-18-10-7-11-19(18)15-20/h4-6,8-9,12-13,15-16H,3,7,10-11,14H2,1-2H3. The van der Waals surface area contributed by atoms with Crippen LogP contribution in [-0.2, 0) is 25.8 Å². The number of Topliss-reactive ketones (excluding diaryl/α,β-unsaturated/α-hetero) is 1. The van der Waals surface area contributed by atoms with Gasteiger partial charge in [-0.1, -0.05) is 54.2 Å². The van der Waals surface area contributed by atoms with Crippen LogP contribution in [0.1, 0.15) is 53.1 Å². The number of carbonyl (C=O) groups excluding carboxylic acids is 1. The molecule has 1 unspecified atom stereocenters. The van der Waals surface area contributed by atoms with E-state index < -0.39 is 0 Å². The predicted molar refractivity (Wildman–Crippen MR) is 113 cm³/mol. The van der Waals surface area contributed by atoms with Crippen molar-refractivity contribution < 1.29 is 4.79 Å². The monoisotopic (exact) mass is 391 g/mol. The number of fused-ring (bicyclic) bond motifs is 1. The summed E-state index contributed by atoms with van der Waals surface area (Å²) in [4.78, 5) is 13.0. The fraction of sp³-hybridized carbons (Fsp3) is 0.348. The Morgan fingerprint density at radius 2 is 1.89 bits per heavy atom. The maximum atomic E-state index is 13.0. The van der Waals surface area contributed by atoms with Crippen molar-refractivity contribution in [3.63, 3.8) is 0 Å². The highest BCUT2D eigenvalue weighted by Crippen LogP contribution is 2.28. The van der Waals surface area contributed by atoms with E-state index in [1.807, 2.05) is 31.2 Å². The molecule has 1 heterocycles. The summed E-state index contributed by atoms with van der Waals surface area (Å²) in [7, 11) is 0. The third-order valence-electron chi connectivity index (χ3n) is 5.35. The van der Waals surface area contributed by atoms with Crippen molar-refractivity contribution in [2.24, 2.45) is 0 Å². The van der Waals surface area contributed by atoms with Crippen LogP contribution in [0.15, 0.2) is 53.7 Å². The SMILES string of the molecule is CCn1c(Cc2ccccc2)nnc1SC(C)C(=O)c1ccc2c(c1)CCC2. The molecule has 0 saturated heterocycles. The summed E-state index contributed by atoms with van der Waals surface area (Å²) in [6, 6.07) is 16.5. The van der Waals surface area contributed by atoms with Gasteiger partial charge in [0.05, 0.1) is 5.25 Å². The van der Waals surface area contributed by atoms with Gasteiger partial charge in [0.2, 0.25) is 0 Å². The molecule has 0 saturated carbocycles. The average Bonchev–Trinajstić information content (AvgIpc) is 3.34. The molecule has 1 atom stereocenters. The van der Waals surface area contributed by atoms with Crippen LogP contribution in [0.25, 0.3) is 0 Å². The minimum Gasteiger partial charge on any atom is -0.306 e. The van der Waals surface area contributed by atoms with Crippen LogP contribution in [0.4, 0.5) is 0 Å². The number of ketones is 1. The molecule has 4 rings (SSSR count). The Morgan fingerprint density at radius 3 is 2.68 bits per heavy atom. The number of rotatable bonds is 7. The molecule has 0 aliphatic heterocycles. The van der Waals surface area contributed by atoms with Crippen LogP contribution in [0.5, 0.6) is 0 Å². The summed E-state index contributed by atoms with van der Waals surface area (Å²) in [5.41, 5.74) is 4.76. The Hall–Kier alpha value is -2.40. The van der Waals surface area contributed by atoms with Crippen LogP contribution in [0.3, 0.4) is 0 Å². The molecule has 4 nitrogen and oxygen atoms in total. The quantitative estimate of drug-likeness (QED) is 0.431. The second-order valence-electron chi connectivity index (χ2n) is 7.27. The van der Waals surface area contributed by atoms with Crippen LogP contribution < -0.4 is 0 Å². The summed E-state index contributed by atoms with van der Waals surface area (Å²) in [6.07, 6.45) is 4.17. The predicted octanol–water partition coefficient (Wildman–Crippen LogP) is 4.74. The molecule has 0 fully saturated rings. The van der Waals surface area contributed by atoms with Gasteiger partial charge in [-0.25, -0.2) is 0 Å². The van der Waals surface area contributed by atoms with Crippen molar-refractivity contribution in [3.8, 4) is 0 Å². The number of thioether (sulfide) groups is 1. The Labute approximate surface area is 170 Å². The Balaban J connectivity index is 1.49. The highest BCUT2D eigenvalue weighted by Gasteiger charge is 2.22. The minimum atomic E-state index is -0.196. The van der Waals surface area contributed by atoms with E-state index in [1.54, 1.807) is 0 Å². The number of nitrogens with zero attached hydrogens (tertiary/aromatic N) is 3. The zero-order valence-electron chi connectivity index (χ0n) is 16.4. The van der Waals surface area contributed by atoms with Crippen LogP contribution in [-0.4, -0.2) is 25.8 Å². The smallest absolute Gasteiger partial charge is 0.191 e. The van der Waals surface area contributed by atoms with Gasteiger partial charge in [0.25, 0.3) is 0 Å². The first-order chi connectivity index (χ1) is 13.7. The number of carbonyl (C=O) groups is 1. The zero-order valence-corrected chi connectivity index (χ0v) is 17.2. The fourth-order valence-corrected chi connectivity index (χ4v) is 4.81. The van der Waals surface area contributed by atoms with Gasteiger partial charge < -0.3 is 4.57 Å². The lowest BCUT2D eigenvalue weighted by Crippen LogP contribution is -2.15. The highest BCUT2D eigenvalue weighted by atomic mass is 32.2. The molecular formula is C23H25N3OS. The molecule has 3 aromatic rings. The summed E-state index contributed by atoms with van der Waals surface area (Å²) < 4.78 is 2.12. The Morgan fingerprint density at radius 1 is 1.11 bits per heavy atom. The molecule has 0 radical (unpaired) electrons. The van der Waals surface area contributed by atoms with E-state index in [2.05, 4.69) is 46.0 Å². The molecule has 2 aromatic carbocycles. The first-order valence-corrected chi connectivity index (χ1v) is 10.8. The summed E-state index contributed by atoms with van der Waals surface area (Å²) in [5.74, 6) is 1.10. The molecule has 1 aromatic heterocycles. The molecule has 0 spiro atoms. The van der Waals surface area contributed by atoms with Crippen LogP contribution >= 0.6 is 11.8 Å². The van der Waals surface area contributed by atoms with Crippen molar-refractivity contribution >= 4 is 17.5 Å². The van der Waals surface area contributed by atoms with Crippen LogP contribution in [0, 0.1) is 0 Å². The third kappa shape index (κ3) is 3.90. The van der Waals surface area contributed by atoms with E-state index in [9.17, 15) is 4.79 Å². The maximum Gasteiger partial charge on any atom is 0.191 e. The molecule has 144 valence electrons. The molecule has 1 aliphatic carbocycles. The van der Waals surface area contributed by atoms with Crippen LogP contribution in [0.2, 0.25) is 0 Å². The second-order valence-corrected chi connectivity index (χ2v) is 8.57. The van der Waals surface area contributed by atoms with Crippen molar-refractivity contribution in [2.75, 3.05) is 0 Å². The zero-order chi connectivity index (χ0) is 19.5. The molecule has 0 bridgehead atoms. The first kappa shape index (κ1) is 18.9. The number of aryl methyl sites for hydroxylation is 2. The van der Waals surface area contributed by atoms with E-state index >= 15 is 0 Å². The van der Waals surface area contributed by atoms with Gasteiger partial charge in [0, 0.05) is 18.5 Å². The molecule has 1 aliphatic rings. The van der Waals surface area contributed by atoms with E-state index in [1.165, 1.54) is 34.9 Å². The first-order valence-electron chi connectivity index (χ1n) is 9.94. The summed E-state index contributed by atoms with van der Waals surface area (Å²) in [5, 5.41) is 9.40. The normalized spacial score (nSPS) is 14.1. The summed E-state index contributed by atoms with van der Waals surface area (Å²) >= 11 is 1.50. The van der Waals surface area contributed by atoms with Gasteiger partial charge in [-0.15, -0.1) is 10.2 Å². The van der Waals surface area contributed by atoms with E-state index in [4.69, 9.17) is 0 Å². The third-order valence-corrected chi connectivity index (χ3v) is 6.43. The number of hydrogen-bond donors (Lipinski definition) is 0. The van der Waals surface area contributed by atoms with Gasteiger partial charge in [-0.2, -0.15) is 0 Å². The number of benzene rings is 2.